The summed E-state index contributed by atoms with van der Waals surface area (Å²) in [6.07, 6.45) is 0.331. The van der Waals surface area contributed by atoms with Gasteiger partial charge < -0.3 is 19.7 Å². The lowest BCUT2D eigenvalue weighted by Gasteiger charge is -2.33. The van der Waals surface area contributed by atoms with Crippen LogP contribution in [0.3, 0.4) is 0 Å². The first-order valence-corrected chi connectivity index (χ1v) is 14.9. The lowest BCUT2D eigenvalue weighted by atomic mass is 10.1. The van der Waals surface area contributed by atoms with Crippen molar-refractivity contribution in [3.63, 3.8) is 0 Å². The molecule has 0 aliphatic heterocycles. The van der Waals surface area contributed by atoms with Gasteiger partial charge in [0.15, 0.2) is 0 Å². The van der Waals surface area contributed by atoms with Crippen LogP contribution in [0.2, 0.25) is 0 Å². The van der Waals surface area contributed by atoms with Crippen molar-refractivity contribution >= 4 is 43.5 Å². The Kier molecular flexibility index (Phi) is 10.6. The van der Waals surface area contributed by atoms with Crippen molar-refractivity contribution in [1.29, 1.82) is 0 Å². The summed E-state index contributed by atoms with van der Waals surface area (Å²) < 4.78 is 40.1. The topological polar surface area (TPSA) is 105 Å². The van der Waals surface area contributed by atoms with Crippen LogP contribution < -0.4 is 19.1 Å². The molecular formula is C29H34BrN3O6S. The fourth-order valence-electron chi connectivity index (χ4n) is 4.23. The molecule has 9 nitrogen and oxygen atoms in total. The average Bonchev–Trinajstić information content (AvgIpc) is 2.95. The van der Waals surface area contributed by atoms with Crippen LogP contribution >= 0.6 is 15.9 Å². The van der Waals surface area contributed by atoms with Crippen LogP contribution in [0.1, 0.15) is 24.5 Å². The van der Waals surface area contributed by atoms with E-state index in [0.717, 1.165) is 15.4 Å². The number of ether oxygens (including phenoxy) is 2. The van der Waals surface area contributed by atoms with Crippen molar-refractivity contribution in [3.8, 4) is 11.5 Å². The number of nitrogens with one attached hydrogen (secondary N) is 1. The smallest absolute Gasteiger partial charge is 0.264 e. The summed E-state index contributed by atoms with van der Waals surface area (Å²) >= 11 is 3.35. The van der Waals surface area contributed by atoms with Crippen molar-refractivity contribution in [2.45, 2.75) is 37.8 Å². The van der Waals surface area contributed by atoms with Crippen LogP contribution in [0.25, 0.3) is 0 Å². The van der Waals surface area contributed by atoms with Crippen molar-refractivity contribution in [3.05, 3.63) is 82.3 Å². The first-order valence-electron chi connectivity index (χ1n) is 12.6. The van der Waals surface area contributed by atoms with E-state index in [1.54, 1.807) is 62.6 Å². The van der Waals surface area contributed by atoms with Gasteiger partial charge in [-0.3, -0.25) is 13.9 Å². The monoisotopic (exact) mass is 631 g/mol. The van der Waals surface area contributed by atoms with Gasteiger partial charge in [0.2, 0.25) is 11.8 Å². The van der Waals surface area contributed by atoms with E-state index < -0.39 is 28.5 Å². The number of likely N-dealkylation sites (N-methyl/N-ethyl adjacent to an activating group) is 1. The number of anilines is 1. The maximum absolute atomic E-state index is 14.0. The molecule has 0 aliphatic rings. The number of carbonyl (C=O) groups excluding carboxylic acids is 2. The number of rotatable bonds is 12. The van der Waals surface area contributed by atoms with Crippen LogP contribution in [-0.2, 0) is 26.2 Å². The standard InChI is InChI=1S/C29H34BrN3O6S/c1-6-26(29(35)31-3)32(18-21-8-7-9-23(16-21)38-4)28(34)19-33(22-12-10-20(2)11-13-22)40(36,37)24-14-15-27(39-5)25(30)17-24/h7-17,26H,6,18-19H2,1-5H3,(H,31,35)/t26-/m0/s1. The number of methoxy groups -OCH3 is 2. The third kappa shape index (κ3) is 7.14. The third-order valence-corrected chi connectivity index (χ3v) is 8.82. The van der Waals surface area contributed by atoms with Crippen molar-refractivity contribution < 1.29 is 27.5 Å². The van der Waals surface area contributed by atoms with E-state index >= 15 is 0 Å². The summed E-state index contributed by atoms with van der Waals surface area (Å²) in [5, 5.41) is 2.62. The molecular weight excluding hydrogens is 598 g/mol. The van der Waals surface area contributed by atoms with Gasteiger partial charge in [-0.15, -0.1) is 0 Å². The number of aryl methyl sites for hydroxylation is 1. The second-order valence-electron chi connectivity index (χ2n) is 9.06. The second-order valence-corrected chi connectivity index (χ2v) is 11.8. The Morgan fingerprint density at radius 3 is 2.27 bits per heavy atom. The fourth-order valence-corrected chi connectivity index (χ4v) is 6.36. The second kappa shape index (κ2) is 13.7. The van der Waals surface area contributed by atoms with E-state index in [4.69, 9.17) is 9.47 Å². The number of nitrogens with zero attached hydrogens (tertiary/aromatic N) is 2. The average molecular weight is 633 g/mol. The van der Waals surface area contributed by atoms with Gasteiger partial charge in [0.25, 0.3) is 10.0 Å². The zero-order chi connectivity index (χ0) is 29.4. The molecule has 3 rings (SSSR count). The molecule has 0 saturated carbocycles. The molecule has 3 aromatic rings. The summed E-state index contributed by atoms with van der Waals surface area (Å²) in [7, 11) is 0.329. The van der Waals surface area contributed by atoms with Crippen LogP contribution in [-0.4, -0.2) is 59.0 Å². The van der Waals surface area contributed by atoms with Gasteiger partial charge >= 0.3 is 0 Å². The molecule has 0 aliphatic carbocycles. The molecule has 1 atom stereocenters. The predicted octanol–water partition coefficient (Wildman–Crippen LogP) is 4.52. The number of hydrogen-bond acceptors (Lipinski definition) is 6. The fraction of sp³-hybridized carbons (Fsp3) is 0.310. The van der Waals surface area contributed by atoms with E-state index in [9.17, 15) is 18.0 Å². The largest absolute Gasteiger partial charge is 0.497 e. The van der Waals surface area contributed by atoms with E-state index in [-0.39, 0.29) is 17.3 Å². The molecule has 0 bridgehead atoms. The molecule has 0 saturated heterocycles. The number of amides is 2. The van der Waals surface area contributed by atoms with Crippen LogP contribution in [0.15, 0.2) is 76.1 Å². The third-order valence-electron chi connectivity index (χ3n) is 6.43. The van der Waals surface area contributed by atoms with Gasteiger partial charge in [-0.05, 0) is 77.3 Å². The van der Waals surface area contributed by atoms with Gasteiger partial charge in [-0.25, -0.2) is 8.42 Å². The molecule has 11 heteroatoms. The van der Waals surface area contributed by atoms with Gasteiger partial charge in [0.1, 0.15) is 24.1 Å². The highest BCUT2D eigenvalue weighted by Crippen LogP contribution is 2.31. The Hall–Kier alpha value is -3.57. The zero-order valence-electron chi connectivity index (χ0n) is 23.2. The summed E-state index contributed by atoms with van der Waals surface area (Å²) in [5.74, 6) is 0.196. The van der Waals surface area contributed by atoms with E-state index in [1.165, 1.54) is 31.2 Å². The van der Waals surface area contributed by atoms with E-state index in [1.807, 2.05) is 13.0 Å². The molecule has 3 aromatic carbocycles. The number of hydrogen-bond donors (Lipinski definition) is 1. The maximum Gasteiger partial charge on any atom is 0.264 e. The minimum atomic E-state index is -4.21. The minimum absolute atomic E-state index is 0.0220. The lowest BCUT2D eigenvalue weighted by Crippen LogP contribution is -2.51. The molecule has 0 unspecified atom stereocenters. The summed E-state index contributed by atoms with van der Waals surface area (Å²) in [6.45, 7) is 3.25. The minimum Gasteiger partial charge on any atom is -0.497 e. The zero-order valence-corrected chi connectivity index (χ0v) is 25.6. The highest BCUT2D eigenvalue weighted by atomic mass is 79.9. The summed E-state index contributed by atoms with van der Waals surface area (Å²) in [4.78, 5) is 28.2. The molecule has 2 amide bonds. The Bertz CT molecular complexity index is 1450. The van der Waals surface area contributed by atoms with Gasteiger partial charge in [-0.1, -0.05) is 36.8 Å². The normalized spacial score (nSPS) is 11.8. The molecule has 1 N–H and O–H groups in total. The molecule has 0 spiro atoms. The SMILES string of the molecule is CC[C@@H](C(=O)NC)N(Cc1cccc(OC)c1)C(=O)CN(c1ccc(C)cc1)S(=O)(=O)c1ccc(OC)c(Br)c1. The van der Waals surface area contributed by atoms with Gasteiger partial charge in [0, 0.05) is 13.6 Å². The molecule has 214 valence electrons. The molecule has 0 radical (unpaired) electrons. The first kappa shape index (κ1) is 31.0. The molecule has 0 fully saturated rings. The maximum atomic E-state index is 14.0. The van der Waals surface area contributed by atoms with Crippen LogP contribution in [0, 0.1) is 6.92 Å². The van der Waals surface area contributed by atoms with E-state index in [2.05, 4.69) is 21.2 Å². The predicted molar refractivity (Wildman–Crippen MR) is 158 cm³/mol. The van der Waals surface area contributed by atoms with Crippen LogP contribution in [0.5, 0.6) is 11.5 Å². The quantitative estimate of drug-likeness (QED) is 0.315. The molecule has 0 heterocycles. The summed E-state index contributed by atoms with van der Waals surface area (Å²) in [6, 6.07) is 17.6. The number of benzene rings is 3. The highest BCUT2D eigenvalue weighted by Gasteiger charge is 2.33. The van der Waals surface area contributed by atoms with E-state index in [0.29, 0.717) is 28.1 Å². The van der Waals surface area contributed by atoms with Gasteiger partial charge in [0.05, 0.1) is 29.3 Å². The van der Waals surface area contributed by atoms with Crippen molar-refractivity contribution in [1.82, 2.24) is 10.2 Å². The first-order chi connectivity index (χ1) is 19.0. The van der Waals surface area contributed by atoms with Crippen LogP contribution in [0.4, 0.5) is 5.69 Å². The Morgan fingerprint density at radius 2 is 1.70 bits per heavy atom. The Labute approximate surface area is 244 Å². The van der Waals surface area contributed by atoms with Crippen molar-refractivity contribution in [2.24, 2.45) is 0 Å². The number of halogens is 1. The van der Waals surface area contributed by atoms with Gasteiger partial charge in [-0.2, -0.15) is 0 Å². The Morgan fingerprint density at radius 1 is 1.00 bits per heavy atom. The van der Waals surface area contributed by atoms with Crippen molar-refractivity contribution in [2.75, 3.05) is 32.1 Å². The molecule has 0 aromatic heterocycles. The highest BCUT2D eigenvalue weighted by molar-refractivity contribution is 9.10. The molecule has 40 heavy (non-hydrogen) atoms. The Balaban J connectivity index is 2.08. The summed E-state index contributed by atoms with van der Waals surface area (Å²) in [5.41, 5.74) is 1.99. The number of sulfonamides is 1. The lowest BCUT2D eigenvalue weighted by molar-refractivity contribution is -0.140. The number of carbonyl (C=O) groups is 2.